The summed E-state index contributed by atoms with van der Waals surface area (Å²) in [5, 5.41) is 2.64. The van der Waals surface area contributed by atoms with Crippen molar-refractivity contribution in [3.8, 4) is 17.2 Å². The number of carbonyl (C=O) groups excluding carboxylic acids is 2. The zero-order valence-electron chi connectivity index (χ0n) is 13.2. The van der Waals surface area contributed by atoms with Gasteiger partial charge in [-0.05, 0) is 19.1 Å². The summed E-state index contributed by atoms with van der Waals surface area (Å²) in [5.74, 6) is 0.485. The molecule has 0 radical (unpaired) electrons. The van der Waals surface area contributed by atoms with E-state index in [-0.39, 0.29) is 24.8 Å². The molecule has 0 saturated carbocycles. The monoisotopic (exact) mass is 311 g/mol. The van der Waals surface area contributed by atoms with Crippen LogP contribution in [0.3, 0.4) is 0 Å². The van der Waals surface area contributed by atoms with Crippen LogP contribution in [-0.4, -0.2) is 46.4 Å². The van der Waals surface area contributed by atoms with Crippen molar-refractivity contribution in [1.82, 2.24) is 5.32 Å². The molecule has 0 atom stereocenters. The van der Waals surface area contributed by atoms with Gasteiger partial charge < -0.3 is 24.3 Å². The molecule has 0 aliphatic heterocycles. The molecule has 1 aromatic rings. The van der Waals surface area contributed by atoms with Crippen LogP contribution in [0.1, 0.15) is 23.7 Å². The molecule has 0 spiro atoms. The molecular formula is C15H21NO6. The van der Waals surface area contributed by atoms with Crippen LogP contribution in [0, 0.1) is 0 Å². The number of benzene rings is 1. The number of hydrogen-bond acceptors (Lipinski definition) is 6. The van der Waals surface area contributed by atoms with E-state index >= 15 is 0 Å². The zero-order chi connectivity index (χ0) is 16.5. The second kappa shape index (κ2) is 8.76. The number of methoxy groups -OCH3 is 3. The second-order valence-corrected chi connectivity index (χ2v) is 4.22. The van der Waals surface area contributed by atoms with Gasteiger partial charge in [-0.2, -0.15) is 0 Å². The normalized spacial score (nSPS) is 9.82. The van der Waals surface area contributed by atoms with Gasteiger partial charge in [-0.3, -0.25) is 9.59 Å². The van der Waals surface area contributed by atoms with Gasteiger partial charge in [0, 0.05) is 12.1 Å². The highest BCUT2D eigenvalue weighted by Crippen LogP contribution is 2.38. The molecule has 0 unspecified atom stereocenters. The van der Waals surface area contributed by atoms with Crippen LogP contribution in [0.25, 0.3) is 0 Å². The standard InChI is InChI=1S/C15H21NO6/c1-5-22-13(17)6-7-16-15(18)10-8-11(19-2)14(21-4)12(9-10)20-3/h8-9H,5-7H2,1-4H3,(H,16,18). The zero-order valence-corrected chi connectivity index (χ0v) is 13.2. The SMILES string of the molecule is CCOC(=O)CCNC(=O)c1cc(OC)c(OC)c(OC)c1. The molecule has 22 heavy (non-hydrogen) atoms. The minimum Gasteiger partial charge on any atom is -0.493 e. The van der Waals surface area contributed by atoms with Gasteiger partial charge in [0.2, 0.25) is 5.75 Å². The van der Waals surface area contributed by atoms with Crippen molar-refractivity contribution >= 4 is 11.9 Å². The number of esters is 1. The predicted molar refractivity (Wildman–Crippen MR) is 79.7 cm³/mol. The molecule has 0 aromatic heterocycles. The van der Waals surface area contributed by atoms with Gasteiger partial charge >= 0.3 is 5.97 Å². The predicted octanol–water partition coefficient (Wildman–Crippen LogP) is 1.40. The van der Waals surface area contributed by atoms with Crippen molar-refractivity contribution in [3.05, 3.63) is 17.7 Å². The van der Waals surface area contributed by atoms with E-state index in [1.807, 2.05) is 0 Å². The summed E-state index contributed by atoms with van der Waals surface area (Å²) in [7, 11) is 4.43. The lowest BCUT2D eigenvalue weighted by atomic mass is 10.1. The molecule has 7 heteroatoms. The highest BCUT2D eigenvalue weighted by atomic mass is 16.5. The van der Waals surface area contributed by atoms with E-state index in [1.165, 1.54) is 21.3 Å². The fraction of sp³-hybridized carbons (Fsp3) is 0.467. The highest BCUT2D eigenvalue weighted by molar-refractivity contribution is 5.95. The van der Waals surface area contributed by atoms with Crippen LogP contribution < -0.4 is 19.5 Å². The topological polar surface area (TPSA) is 83.1 Å². The number of rotatable bonds is 8. The Morgan fingerprint density at radius 3 is 2.09 bits per heavy atom. The van der Waals surface area contributed by atoms with Gasteiger partial charge in [0.1, 0.15) is 0 Å². The average molecular weight is 311 g/mol. The van der Waals surface area contributed by atoms with Crippen LogP contribution in [0.2, 0.25) is 0 Å². The fourth-order valence-electron chi connectivity index (χ4n) is 1.83. The van der Waals surface area contributed by atoms with Gasteiger partial charge in [-0.25, -0.2) is 0 Å². The molecule has 7 nitrogen and oxygen atoms in total. The average Bonchev–Trinajstić information content (AvgIpc) is 2.53. The third-order valence-electron chi connectivity index (χ3n) is 2.85. The molecular weight excluding hydrogens is 290 g/mol. The first-order valence-electron chi connectivity index (χ1n) is 6.81. The molecule has 0 aliphatic carbocycles. The van der Waals surface area contributed by atoms with Crippen LogP contribution >= 0.6 is 0 Å². The summed E-state index contributed by atoms with van der Waals surface area (Å²) < 4.78 is 20.3. The Morgan fingerprint density at radius 2 is 1.64 bits per heavy atom. The summed E-state index contributed by atoms with van der Waals surface area (Å²) in [5.41, 5.74) is 0.346. The van der Waals surface area contributed by atoms with Crippen LogP contribution in [0.5, 0.6) is 17.2 Å². The summed E-state index contributed by atoms with van der Waals surface area (Å²) >= 11 is 0. The molecule has 1 amide bonds. The first kappa shape index (κ1) is 17.6. The lowest BCUT2D eigenvalue weighted by Gasteiger charge is -2.14. The first-order valence-corrected chi connectivity index (χ1v) is 6.81. The van der Waals surface area contributed by atoms with E-state index in [2.05, 4.69) is 5.32 Å². The van der Waals surface area contributed by atoms with Crippen molar-refractivity contribution in [2.24, 2.45) is 0 Å². The van der Waals surface area contributed by atoms with Gasteiger partial charge in [-0.15, -0.1) is 0 Å². The molecule has 0 bridgehead atoms. The van der Waals surface area contributed by atoms with Gasteiger partial charge in [0.25, 0.3) is 5.91 Å². The number of carbonyl (C=O) groups is 2. The third kappa shape index (κ3) is 4.54. The Kier molecular flexibility index (Phi) is 7.01. The van der Waals surface area contributed by atoms with Crippen LogP contribution in [0.15, 0.2) is 12.1 Å². The maximum absolute atomic E-state index is 12.1. The summed E-state index contributed by atoms with van der Waals surface area (Å²) in [6.07, 6.45) is 0.115. The minimum atomic E-state index is -0.354. The Bertz CT molecular complexity index is 504. The second-order valence-electron chi connectivity index (χ2n) is 4.22. The van der Waals surface area contributed by atoms with E-state index in [9.17, 15) is 9.59 Å². The largest absolute Gasteiger partial charge is 0.493 e. The number of nitrogens with one attached hydrogen (secondary N) is 1. The minimum absolute atomic E-state index is 0.115. The van der Waals surface area contributed by atoms with Crippen molar-refractivity contribution in [1.29, 1.82) is 0 Å². The fourth-order valence-corrected chi connectivity index (χ4v) is 1.83. The Labute approximate surface area is 129 Å². The molecule has 0 saturated heterocycles. The van der Waals surface area contributed by atoms with E-state index in [4.69, 9.17) is 18.9 Å². The van der Waals surface area contributed by atoms with Crippen LogP contribution in [0.4, 0.5) is 0 Å². The Balaban J connectivity index is 2.79. The molecule has 1 N–H and O–H groups in total. The van der Waals surface area contributed by atoms with Crippen molar-refractivity contribution < 1.29 is 28.5 Å². The highest BCUT2D eigenvalue weighted by Gasteiger charge is 2.17. The molecule has 0 heterocycles. The quantitative estimate of drug-likeness (QED) is 0.731. The summed E-state index contributed by atoms with van der Waals surface area (Å²) in [4.78, 5) is 23.3. The van der Waals surface area contributed by atoms with E-state index in [0.717, 1.165) is 0 Å². The summed E-state index contributed by atoms with van der Waals surface area (Å²) in [6.45, 7) is 2.24. The maximum Gasteiger partial charge on any atom is 0.307 e. The van der Waals surface area contributed by atoms with Crippen LogP contribution in [-0.2, 0) is 9.53 Å². The third-order valence-corrected chi connectivity index (χ3v) is 2.85. The molecule has 1 rings (SSSR count). The van der Waals surface area contributed by atoms with Crippen molar-refractivity contribution in [2.75, 3.05) is 34.5 Å². The van der Waals surface area contributed by atoms with Crippen molar-refractivity contribution in [3.63, 3.8) is 0 Å². The lowest BCUT2D eigenvalue weighted by molar-refractivity contribution is -0.142. The Hall–Kier alpha value is -2.44. The molecule has 0 aliphatic rings. The van der Waals surface area contributed by atoms with E-state index < -0.39 is 0 Å². The molecule has 122 valence electrons. The first-order chi connectivity index (χ1) is 10.6. The maximum atomic E-state index is 12.1. The number of amides is 1. The number of hydrogen-bond donors (Lipinski definition) is 1. The molecule has 0 fully saturated rings. The van der Waals surface area contributed by atoms with Gasteiger partial charge in [0.05, 0.1) is 34.4 Å². The van der Waals surface area contributed by atoms with Gasteiger partial charge in [0.15, 0.2) is 11.5 Å². The summed E-state index contributed by atoms with van der Waals surface area (Å²) in [6, 6.07) is 3.09. The molecule has 1 aromatic carbocycles. The van der Waals surface area contributed by atoms with Gasteiger partial charge in [-0.1, -0.05) is 0 Å². The van der Waals surface area contributed by atoms with E-state index in [1.54, 1.807) is 19.1 Å². The smallest absolute Gasteiger partial charge is 0.307 e. The van der Waals surface area contributed by atoms with Crippen molar-refractivity contribution in [2.45, 2.75) is 13.3 Å². The number of ether oxygens (including phenoxy) is 4. The lowest BCUT2D eigenvalue weighted by Crippen LogP contribution is -2.26. The van der Waals surface area contributed by atoms with E-state index in [0.29, 0.717) is 29.4 Å². The Morgan fingerprint density at radius 1 is 1.05 bits per heavy atom.